The Hall–Kier alpha value is -0.989. The molecule has 0 saturated heterocycles. The predicted octanol–water partition coefficient (Wildman–Crippen LogP) is 0.150. The van der Waals surface area contributed by atoms with E-state index in [9.17, 15) is 9.59 Å². The SMILES string of the molecule is C[Si](C)(O)c1ccc([Si]c2ccc([Si](C)(C)O)cc2)cc1. The van der Waals surface area contributed by atoms with Gasteiger partial charge in [-0.3, -0.25) is 0 Å². The zero-order valence-electron chi connectivity index (χ0n) is 13.0. The summed E-state index contributed by atoms with van der Waals surface area (Å²) in [6.45, 7) is 7.74. The number of hydrogen-bond donors (Lipinski definition) is 2. The Balaban J connectivity index is 2.12. The van der Waals surface area contributed by atoms with Crippen molar-refractivity contribution in [1.82, 2.24) is 0 Å². The molecule has 0 aliphatic carbocycles. The third-order valence-electron chi connectivity index (χ3n) is 3.47. The molecule has 0 fully saturated rings. The second kappa shape index (κ2) is 6.02. The van der Waals surface area contributed by atoms with Gasteiger partial charge in [0, 0.05) is 0 Å². The van der Waals surface area contributed by atoms with Crippen LogP contribution < -0.4 is 20.7 Å². The summed E-state index contributed by atoms with van der Waals surface area (Å²) < 4.78 is 0. The van der Waals surface area contributed by atoms with Crippen LogP contribution in [0.1, 0.15) is 0 Å². The molecule has 0 spiro atoms. The molecular formula is C16H22O2Si3. The molecule has 2 aromatic rings. The summed E-state index contributed by atoms with van der Waals surface area (Å²) in [7, 11) is -3.79. The first-order valence-electron chi connectivity index (χ1n) is 7.09. The molecule has 2 rings (SSSR count). The van der Waals surface area contributed by atoms with Crippen LogP contribution in [0.2, 0.25) is 26.2 Å². The molecule has 2 nitrogen and oxygen atoms in total. The van der Waals surface area contributed by atoms with Crippen molar-refractivity contribution in [3.05, 3.63) is 48.5 Å². The van der Waals surface area contributed by atoms with Gasteiger partial charge in [-0.05, 0) is 36.6 Å². The van der Waals surface area contributed by atoms with Crippen molar-refractivity contribution in [1.29, 1.82) is 0 Å². The zero-order chi connectivity index (χ0) is 15.7. The lowest BCUT2D eigenvalue weighted by Crippen LogP contribution is -2.43. The van der Waals surface area contributed by atoms with Crippen molar-refractivity contribution in [3.8, 4) is 0 Å². The normalized spacial score (nSPS) is 12.5. The Kier molecular flexibility index (Phi) is 4.69. The summed E-state index contributed by atoms with van der Waals surface area (Å²) in [4.78, 5) is 20.2. The minimum absolute atomic E-state index is 0.604. The van der Waals surface area contributed by atoms with Gasteiger partial charge >= 0.3 is 0 Å². The number of benzene rings is 2. The largest absolute Gasteiger partial charge is 0.428 e. The summed E-state index contributed by atoms with van der Waals surface area (Å²) in [6.07, 6.45) is 0. The van der Waals surface area contributed by atoms with Crippen molar-refractivity contribution >= 4 is 46.9 Å². The molecule has 2 radical (unpaired) electrons. The molecule has 2 N–H and O–H groups in total. The maximum atomic E-state index is 10.1. The van der Waals surface area contributed by atoms with Gasteiger partial charge in [-0.2, -0.15) is 0 Å². The first-order chi connectivity index (χ1) is 9.66. The van der Waals surface area contributed by atoms with Crippen LogP contribution in [0.25, 0.3) is 0 Å². The van der Waals surface area contributed by atoms with Crippen molar-refractivity contribution in [2.75, 3.05) is 0 Å². The Bertz CT molecular complexity index is 538. The molecule has 2 aromatic carbocycles. The third-order valence-corrected chi connectivity index (χ3v) is 8.21. The lowest BCUT2D eigenvalue weighted by Gasteiger charge is -2.15. The fraction of sp³-hybridized carbons (Fsp3) is 0.250. The fourth-order valence-electron chi connectivity index (χ4n) is 2.09. The standard InChI is InChI=1S/C16H22O2Si3/c1-20(2,17)15-9-5-13(6-10-15)19-14-7-11-16(12-8-14)21(3,4)18/h5-12,17-18H,1-4H3. The number of rotatable bonds is 4. The maximum absolute atomic E-state index is 10.1. The summed E-state index contributed by atoms with van der Waals surface area (Å²) in [5.41, 5.74) is 0. The van der Waals surface area contributed by atoms with Gasteiger partial charge in [0.05, 0.1) is 0 Å². The van der Waals surface area contributed by atoms with E-state index >= 15 is 0 Å². The highest BCUT2D eigenvalue weighted by atomic mass is 28.4. The van der Waals surface area contributed by atoms with E-state index in [2.05, 4.69) is 24.3 Å². The molecule has 0 atom stereocenters. The van der Waals surface area contributed by atoms with E-state index in [-0.39, 0.29) is 0 Å². The Labute approximate surface area is 131 Å². The van der Waals surface area contributed by atoms with E-state index in [4.69, 9.17) is 0 Å². The van der Waals surface area contributed by atoms with E-state index in [1.54, 1.807) is 0 Å². The summed E-state index contributed by atoms with van der Waals surface area (Å²) >= 11 is 0. The smallest absolute Gasteiger partial charge is 0.213 e. The van der Waals surface area contributed by atoms with E-state index in [1.165, 1.54) is 10.4 Å². The molecule has 0 aromatic heterocycles. The van der Waals surface area contributed by atoms with Crippen molar-refractivity contribution in [2.24, 2.45) is 0 Å². The minimum Gasteiger partial charge on any atom is -0.428 e. The van der Waals surface area contributed by atoms with Crippen molar-refractivity contribution < 1.29 is 9.59 Å². The zero-order valence-corrected chi connectivity index (χ0v) is 16.0. The van der Waals surface area contributed by atoms with Crippen molar-refractivity contribution in [3.63, 3.8) is 0 Å². The highest BCUT2D eigenvalue weighted by Crippen LogP contribution is 1.98. The molecule has 0 amide bonds. The van der Waals surface area contributed by atoms with Gasteiger partial charge in [0.1, 0.15) is 9.52 Å². The Morgan fingerprint density at radius 3 is 1.14 bits per heavy atom. The van der Waals surface area contributed by atoms with Crippen LogP contribution in [0, 0.1) is 0 Å². The topological polar surface area (TPSA) is 40.5 Å². The van der Waals surface area contributed by atoms with Gasteiger partial charge in [-0.15, -0.1) is 0 Å². The monoisotopic (exact) mass is 330 g/mol. The Morgan fingerprint density at radius 1 is 0.619 bits per heavy atom. The summed E-state index contributed by atoms with van der Waals surface area (Å²) in [6, 6.07) is 16.6. The summed E-state index contributed by atoms with van der Waals surface area (Å²) in [5.74, 6) is 0. The highest BCUT2D eigenvalue weighted by molar-refractivity contribution is 6.83. The van der Waals surface area contributed by atoms with Crippen LogP contribution >= 0.6 is 0 Å². The maximum Gasteiger partial charge on any atom is 0.213 e. The third kappa shape index (κ3) is 4.49. The van der Waals surface area contributed by atoms with Gasteiger partial charge in [-0.1, -0.05) is 58.9 Å². The summed E-state index contributed by atoms with van der Waals surface area (Å²) in [5, 5.41) is 4.68. The molecule has 21 heavy (non-hydrogen) atoms. The average Bonchev–Trinajstić information content (AvgIpc) is 2.38. The van der Waals surface area contributed by atoms with Gasteiger partial charge in [0.25, 0.3) is 0 Å². The lowest BCUT2D eigenvalue weighted by molar-refractivity contribution is 0.567. The molecule has 0 saturated carbocycles. The van der Waals surface area contributed by atoms with Gasteiger partial charge < -0.3 is 9.59 Å². The molecule has 0 aliphatic rings. The van der Waals surface area contributed by atoms with Crippen molar-refractivity contribution in [2.45, 2.75) is 26.2 Å². The fourth-order valence-corrected chi connectivity index (χ4v) is 5.05. The van der Waals surface area contributed by atoms with E-state index in [1.807, 2.05) is 50.5 Å². The molecular weight excluding hydrogens is 308 g/mol. The number of hydrogen-bond acceptors (Lipinski definition) is 2. The lowest BCUT2D eigenvalue weighted by atomic mass is 10.3. The van der Waals surface area contributed by atoms with Crippen LogP contribution in [0.3, 0.4) is 0 Å². The first-order valence-corrected chi connectivity index (χ1v) is 14.0. The van der Waals surface area contributed by atoms with Gasteiger partial charge in [-0.25, -0.2) is 0 Å². The quantitative estimate of drug-likeness (QED) is 0.784. The first kappa shape index (κ1) is 16.4. The van der Waals surface area contributed by atoms with Crippen LogP contribution in [0.5, 0.6) is 0 Å². The molecule has 0 bridgehead atoms. The molecule has 110 valence electrons. The van der Waals surface area contributed by atoms with E-state index in [0.29, 0.717) is 9.52 Å². The highest BCUT2D eigenvalue weighted by Gasteiger charge is 2.20. The van der Waals surface area contributed by atoms with E-state index in [0.717, 1.165) is 10.4 Å². The van der Waals surface area contributed by atoms with Gasteiger partial charge in [0.2, 0.25) is 16.6 Å². The second-order valence-corrected chi connectivity index (χ2v) is 15.2. The van der Waals surface area contributed by atoms with Crippen LogP contribution in [0.4, 0.5) is 0 Å². The van der Waals surface area contributed by atoms with Crippen LogP contribution in [0.15, 0.2) is 48.5 Å². The van der Waals surface area contributed by atoms with E-state index < -0.39 is 16.6 Å². The average molecular weight is 331 g/mol. The second-order valence-electron chi connectivity index (χ2n) is 6.40. The molecule has 0 unspecified atom stereocenters. The Morgan fingerprint density at radius 2 is 0.905 bits per heavy atom. The molecule has 0 heterocycles. The molecule has 0 aliphatic heterocycles. The molecule has 5 heteroatoms. The van der Waals surface area contributed by atoms with Gasteiger partial charge in [0.15, 0.2) is 0 Å². The van der Waals surface area contributed by atoms with Crippen LogP contribution in [-0.2, 0) is 0 Å². The predicted molar refractivity (Wildman–Crippen MR) is 96.6 cm³/mol. The van der Waals surface area contributed by atoms with Crippen LogP contribution in [-0.4, -0.2) is 35.7 Å². The minimum atomic E-state index is -2.20.